The zero-order chi connectivity index (χ0) is 15.2. The highest BCUT2D eigenvalue weighted by atomic mass is 16.2. The van der Waals surface area contributed by atoms with Crippen LogP contribution in [-0.2, 0) is 11.3 Å². The predicted octanol–water partition coefficient (Wildman–Crippen LogP) is -0.261. The average Bonchev–Trinajstić information content (AvgIpc) is 2.73. The number of nitrogens with one attached hydrogen (secondary N) is 1. The van der Waals surface area contributed by atoms with Gasteiger partial charge in [-0.05, 0) is 18.6 Å². The lowest BCUT2D eigenvalue weighted by molar-refractivity contribution is -0.128. The summed E-state index contributed by atoms with van der Waals surface area (Å²) in [5, 5.41) is 0. The Morgan fingerprint density at radius 1 is 1.29 bits per heavy atom. The Morgan fingerprint density at radius 2 is 2.10 bits per heavy atom. The van der Waals surface area contributed by atoms with Crippen molar-refractivity contribution in [3.8, 4) is 0 Å². The van der Waals surface area contributed by atoms with Crippen molar-refractivity contribution in [1.29, 1.82) is 0 Å². The topological polar surface area (TPSA) is 91.6 Å². The molecule has 1 aliphatic rings. The van der Waals surface area contributed by atoms with E-state index < -0.39 is 0 Å². The first-order chi connectivity index (χ1) is 10.1. The molecule has 0 bridgehead atoms. The minimum atomic E-state index is -0.346. The number of rotatable bonds is 3. The fourth-order valence-electron chi connectivity index (χ4n) is 2.41. The van der Waals surface area contributed by atoms with E-state index in [0.717, 1.165) is 44.8 Å². The molecule has 1 aromatic rings. The summed E-state index contributed by atoms with van der Waals surface area (Å²) >= 11 is 0. The third kappa shape index (κ3) is 4.24. The number of aromatic nitrogens is 1. The van der Waals surface area contributed by atoms with Crippen molar-refractivity contribution in [3.63, 3.8) is 0 Å². The number of hydrazine groups is 1. The fraction of sp³-hybridized carbons (Fsp3) is 0.500. The minimum absolute atomic E-state index is 0.132. The van der Waals surface area contributed by atoms with Crippen LogP contribution in [0.1, 0.15) is 29.4 Å². The van der Waals surface area contributed by atoms with Gasteiger partial charge < -0.3 is 4.90 Å². The van der Waals surface area contributed by atoms with Crippen molar-refractivity contribution in [1.82, 2.24) is 20.2 Å². The molecule has 2 rings (SSSR count). The first-order valence-corrected chi connectivity index (χ1v) is 7.04. The number of pyridine rings is 1. The van der Waals surface area contributed by atoms with Crippen molar-refractivity contribution in [2.75, 3.05) is 26.2 Å². The predicted molar refractivity (Wildman–Crippen MR) is 78.0 cm³/mol. The van der Waals surface area contributed by atoms with Crippen LogP contribution in [0.15, 0.2) is 18.3 Å². The molecular formula is C14H21N5O2. The van der Waals surface area contributed by atoms with E-state index in [-0.39, 0.29) is 11.8 Å². The number of hydrogen-bond acceptors (Lipinski definition) is 5. The van der Waals surface area contributed by atoms with Gasteiger partial charge in [0.2, 0.25) is 5.91 Å². The quantitative estimate of drug-likeness (QED) is 0.455. The maximum atomic E-state index is 11.4. The Hall–Kier alpha value is -1.99. The molecule has 0 atom stereocenters. The molecule has 0 radical (unpaired) electrons. The van der Waals surface area contributed by atoms with Gasteiger partial charge in [0.15, 0.2) is 0 Å². The lowest BCUT2D eigenvalue weighted by Crippen LogP contribution is -2.33. The van der Waals surface area contributed by atoms with Crippen LogP contribution < -0.4 is 11.3 Å². The van der Waals surface area contributed by atoms with E-state index in [1.54, 1.807) is 13.0 Å². The van der Waals surface area contributed by atoms with Crippen LogP contribution in [0.4, 0.5) is 0 Å². The third-order valence-corrected chi connectivity index (χ3v) is 3.64. The van der Waals surface area contributed by atoms with E-state index in [9.17, 15) is 9.59 Å². The van der Waals surface area contributed by atoms with Crippen LogP contribution >= 0.6 is 0 Å². The van der Waals surface area contributed by atoms with Gasteiger partial charge >= 0.3 is 0 Å². The Labute approximate surface area is 124 Å². The summed E-state index contributed by atoms with van der Waals surface area (Å²) in [7, 11) is 0. The van der Waals surface area contributed by atoms with Crippen LogP contribution in [-0.4, -0.2) is 52.8 Å². The van der Waals surface area contributed by atoms with E-state index >= 15 is 0 Å². The molecule has 1 fully saturated rings. The molecule has 3 N–H and O–H groups in total. The summed E-state index contributed by atoms with van der Waals surface area (Å²) in [6.45, 7) is 5.68. The summed E-state index contributed by atoms with van der Waals surface area (Å²) in [6, 6.07) is 3.54. The van der Waals surface area contributed by atoms with Crippen LogP contribution in [0.2, 0.25) is 0 Å². The lowest BCUT2D eigenvalue weighted by atomic mass is 10.2. The smallest absolute Gasteiger partial charge is 0.266 e. The molecule has 21 heavy (non-hydrogen) atoms. The second-order valence-electron chi connectivity index (χ2n) is 5.15. The van der Waals surface area contributed by atoms with Gasteiger partial charge in [0.05, 0.1) is 11.3 Å². The molecule has 0 spiro atoms. The molecule has 1 aliphatic heterocycles. The molecule has 0 unspecified atom stereocenters. The van der Waals surface area contributed by atoms with Crippen molar-refractivity contribution in [2.45, 2.75) is 19.9 Å². The standard InChI is InChI=1S/C14H21N5O2/c1-11(20)19-6-2-5-18(7-8-19)10-13-4-3-12(9-16-13)14(21)17-15/h3-4,9H,2,5-8,10,15H2,1H3,(H,17,21). The Morgan fingerprint density at radius 3 is 2.71 bits per heavy atom. The van der Waals surface area contributed by atoms with Crippen molar-refractivity contribution >= 4 is 11.8 Å². The van der Waals surface area contributed by atoms with E-state index in [0.29, 0.717) is 5.56 Å². The summed E-state index contributed by atoms with van der Waals surface area (Å²) in [5.74, 6) is 4.86. The zero-order valence-corrected chi connectivity index (χ0v) is 12.2. The highest BCUT2D eigenvalue weighted by molar-refractivity contribution is 5.93. The number of carbonyl (C=O) groups excluding carboxylic acids is 2. The maximum Gasteiger partial charge on any atom is 0.266 e. The summed E-state index contributed by atoms with van der Waals surface area (Å²) < 4.78 is 0. The lowest BCUT2D eigenvalue weighted by Gasteiger charge is -2.20. The Balaban J connectivity index is 1.92. The van der Waals surface area contributed by atoms with Gasteiger partial charge in [-0.25, -0.2) is 5.84 Å². The van der Waals surface area contributed by atoms with E-state index in [2.05, 4.69) is 15.3 Å². The Kier molecular flexibility index (Phi) is 5.24. The molecule has 7 nitrogen and oxygen atoms in total. The van der Waals surface area contributed by atoms with Crippen molar-refractivity contribution < 1.29 is 9.59 Å². The van der Waals surface area contributed by atoms with E-state index in [4.69, 9.17) is 5.84 Å². The number of nitrogens with two attached hydrogens (primary N) is 1. The van der Waals surface area contributed by atoms with Gasteiger partial charge in [0, 0.05) is 45.8 Å². The van der Waals surface area contributed by atoms with Crippen LogP contribution in [0.5, 0.6) is 0 Å². The van der Waals surface area contributed by atoms with E-state index in [1.165, 1.54) is 6.20 Å². The highest BCUT2D eigenvalue weighted by Crippen LogP contribution is 2.08. The highest BCUT2D eigenvalue weighted by Gasteiger charge is 2.16. The van der Waals surface area contributed by atoms with Gasteiger partial charge in [-0.1, -0.05) is 0 Å². The van der Waals surface area contributed by atoms with Crippen LogP contribution in [0.3, 0.4) is 0 Å². The van der Waals surface area contributed by atoms with Gasteiger partial charge in [-0.2, -0.15) is 0 Å². The minimum Gasteiger partial charge on any atom is -0.342 e. The molecule has 7 heteroatoms. The number of carbonyl (C=O) groups is 2. The largest absolute Gasteiger partial charge is 0.342 e. The zero-order valence-electron chi connectivity index (χ0n) is 12.2. The van der Waals surface area contributed by atoms with Crippen LogP contribution in [0.25, 0.3) is 0 Å². The molecular weight excluding hydrogens is 270 g/mol. The van der Waals surface area contributed by atoms with Gasteiger partial charge in [-0.15, -0.1) is 0 Å². The number of nitrogens with zero attached hydrogens (tertiary/aromatic N) is 3. The third-order valence-electron chi connectivity index (χ3n) is 3.64. The second-order valence-corrected chi connectivity index (χ2v) is 5.15. The number of hydrogen-bond donors (Lipinski definition) is 2. The van der Waals surface area contributed by atoms with Crippen molar-refractivity contribution in [2.24, 2.45) is 5.84 Å². The number of nitrogen functional groups attached to an aromatic ring is 1. The number of amides is 2. The average molecular weight is 291 g/mol. The fourth-order valence-corrected chi connectivity index (χ4v) is 2.41. The molecule has 0 saturated carbocycles. The first-order valence-electron chi connectivity index (χ1n) is 7.04. The SMILES string of the molecule is CC(=O)N1CCCN(Cc2ccc(C(=O)NN)cn2)CC1. The van der Waals surface area contributed by atoms with Crippen LogP contribution in [0, 0.1) is 0 Å². The van der Waals surface area contributed by atoms with E-state index in [1.807, 2.05) is 11.0 Å². The molecule has 0 aliphatic carbocycles. The maximum absolute atomic E-state index is 11.4. The molecule has 0 aromatic carbocycles. The Bertz CT molecular complexity index is 503. The molecule has 114 valence electrons. The van der Waals surface area contributed by atoms with Gasteiger partial charge in [0.1, 0.15) is 0 Å². The summed E-state index contributed by atoms with van der Waals surface area (Å²) in [6.07, 6.45) is 2.49. The monoisotopic (exact) mass is 291 g/mol. The van der Waals surface area contributed by atoms with Crippen molar-refractivity contribution in [3.05, 3.63) is 29.6 Å². The summed E-state index contributed by atoms with van der Waals surface area (Å²) in [5.41, 5.74) is 3.43. The van der Waals surface area contributed by atoms with Gasteiger partial charge in [0.25, 0.3) is 5.91 Å². The first kappa shape index (κ1) is 15.4. The summed E-state index contributed by atoms with van der Waals surface area (Å²) in [4.78, 5) is 31.2. The normalized spacial score (nSPS) is 16.4. The van der Waals surface area contributed by atoms with Gasteiger partial charge in [-0.3, -0.25) is 24.9 Å². The second kappa shape index (κ2) is 7.14. The molecule has 1 aromatic heterocycles. The molecule has 2 heterocycles. The molecule has 2 amide bonds. The molecule has 1 saturated heterocycles.